The first kappa shape index (κ1) is 17.0. The number of hydrogen-bond donors (Lipinski definition) is 2. The average Bonchev–Trinajstić information content (AvgIpc) is 3.11. The molecule has 1 fully saturated rings. The second kappa shape index (κ2) is 11.1. The smallest absolute Gasteiger partial charge is 0.191 e. The van der Waals surface area contributed by atoms with E-state index in [1.54, 1.807) is 7.05 Å². The average molecular weight is 355 g/mol. The first-order chi connectivity index (χ1) is 7.86. The Morgan fingerprint density at radius 2 is 2.00 bits per heavy atom. The fraction of sp³-hybridized carbons (Fsp3) is 0.917. The number of aliphatic imine (C=N–C) groups is 1. The molecule has 2 N–H and O–H groups in total. The van der Waals surface area contributed by atoms with Crippen LogP contribution >= 0.6 is 24.0 Å². The van der Waals surface area contributed by atoms with Crippen LogP contribution < -0.4 is 10.6 Å². The van der Waals surface area contributed by atoms with E-state index in [1.807, 2.05) is 6.92 Å². The molecule has 0 aromatic rings. The predicted octanol–water partition coefficient (Wildman–Crippen LogP) is 2.00. The molecule has 0 heterocycles. The topological polar surface area (TPSA) is 45.6 Å². The number of ether oxygens (including phenoxy) is 1. The Kier molecular flexibility index (Phi) is 11.0. The van der Waals surface area contributed by atoms with Crippen molar-refractivity contribution in [3.05, 3.63) is 0 Å². The Balaban J connectivity index is 0.00000256. The van der Waals surface area contributed by atoms with Gasteiger partial charge in [-0.05, 0) is 25.7 Å². The molecular formula is C12H26IN3O. The predicted molar refractivity (Wildman–Crippen MR) is 83.2 cm³/mol. The van der Waals surface area contributed by atoms with Crippen molar-refractivity contribution in [3.63, 3.8) is 0 Å². The first-order valence-corrected chi connectivity index (χ1v) is 6.39. The van der Waals surface area contributed by atoms with E-state index in [0.717, 1.165) is 38.2 Å². The van der Waals surface area contributed by atoms with Crippen LogP contribution in [0.4, 0.5) is 0 Å². The van der Waals surface area contributed by atoms with Gasteiger partial charge in [0.1, 0.15) is 0 Å². The molecule has 17 heavy (non-hydrogen) atoms. The quantitative estimate of drug-likeness (QED) is 0.303. The van der Waals surface area contributed by atoms with Gasteiger partial charge in [-0.1, -0.05) is 12.8 Å². The van der Waals surface area contributed by atoms with Crippen LogP contribution in [0.3, 0.4) is 0 Å². The van der Waals surface area contributed by atoms with Crippen molar-refractivity contribution in [2.75, 3.05) is 33.4 Å². The molecule has 0 amide bonds. The van der Waals surface area contributed by atoms with Crippen LogP contribution in [0.25, 0.3) is 0 Å². The largest absolute Gasteiger partial charge is 0.380 e. The van der Waals surface area contributed by atoms with Crippen molar-refractivity contribution in [3.8, 4) is 0 Å². The normalized spacial score (nSPS) is 15.3. The summed E-state index contributed by atoms with van der Waals surface area (Å²) in [5, 5.41) is 6.53. The van der Waals surface area contributed by atoms with Gasteiger partial charge >= 0.3 is 0 Å². The van der Waals surface area contributed by atoms with Crippen LogP contribution in [0.15, 0.2) is 4.99 Å². The van der Waals surface area contributed by atoms with E-state index in [-0.39, 0.29) is 24.0 Å². The van der Waals surface area contributed by atoms with E-state index in [2.05, 4.69) is 15.6 Å². The highest BCUT2D eigenvalue weighted by molar-refractivity contribution is 14.0. The zero-order valence-electron chi connectivity index (χ0n) is 11.0. The molecule has 1 rings (SSSR count). The summed E-state index contributed by atoms with van der Waals surface area (Å²) in [6.45, 7) is 5.35. The van der Waals surface area contributed by atoms with Gasteiger partial charge < -0.3 is 15.4 Å². The van der Waals surface area contributed by atoms with Gasteiger partial charge in [0.25, 0.3) is 0 Å². The van der Waals surface area contributed by atoms with Crippen LogP contribution in [-0.4, -0.2) is 39.3 Å². The van der Waals surface area contributed by atoms with Gasteiger partial charge in [0.05, 0.1) is 6.61 Å². The Hall–Kier alpha value is -0.0400. The second-order valence-corrected chi connectivity index (χ2v) is 4.21. The Morgan fingerprint density at radius 1 is 1.29 bits per heavy atom. The van der Waals surface area contributed by atoms with Gasteiger partial charge in [0.15, 0.2) is 5.96 Å². The molecule has 0 aromatic carbocycles. The monoisotopic (exact) mass is 355 g/mol. The third kappa shape index (κ3) is 9.64. The summed E-state index contributed by atoms with van der Waals surface area (Å²) in [5.41, 5.74) is 0. The fourth-order valence-electron chi connectivity index (χ4n) is 1.61. The summed E-state index contributed by atoms with van der Waals surface area (Å²) < 4.78 is 5.25. The number of hydrogen-bond acceptors (Lipinski definition) is 2. The van der Waals surface area contributed by atoms with E-state index in [9.17, 15) is 0 Å². The summed E-state index contributed by atoms with van der Waals surface area (Å²) in [6.07, 6.45) is 5.50. The number of guanidine groups is 1. The maximum Gasteiger partial charge on any atom is 0.191 e. The summed E-state index contributed by atoms with van der Waals surface area (Å²) in [7, 11) is 1.80. The van der Waals surface area contributed by atoms with E-state index < -0.39 is 0 Å². The summed E-state index contributed by atoms with van der Waals surface area (Å²) in [5.74, 6) is 1.91. The van der Waals surface area contributed by atoms with Gasteiger partial charge in [-0.25, -0.2) is 0 Å². The molecule has 0 aromatic heterocycles. The zero-order valence-corrected chi connectivity index (χ0v) is 13.3. The number of halogens is 1. The minimum absolute atomic E-state index is 0. The fourth-order valence-corrected chi connectivity index (χ4v) is 1.61. The van der Waals surface area contributed by atoms with Gasteiger partial charge in [0, 0.05) is 26.7 Å². The van der Waals surface area contributed by atoms with Crippen molar-refractivity contribution in [1.82, 2.24) is 10.6 Å². The number of nitrogens with zero attached hydrogens (tertiary/aromatic N) is 1. The third-order valence-electron chi connectivity index (χ3n) is 2.75. The van der Waals surface area contributed by atoms with E-state index in [1.165, 1.54) is 25.7 Å². The lowest BCUT2D eigenvalue weighted by Crippen LogP contribution is -2.39. The molecule has 1 aliphatic carbocycles. The van der Waals surface area contributed by atoms with Gasteiger partial charge in [-0.2, -0.15) is 0 Å². The van der Waals surface area contributed by atoms with Gasteiger partial charge in [-0.15, -0.1) is 24.0 Å². The lowest BCUT2D eigenvalue weighted by atomic mass is 10.2. The summed E-state index contributed by atoms with van der Waals surface area (Å²) in [4.78, 5) is 4.16. The van der Waals surface area contributed by atoms with Crippen molar-refractivity contribution < 1.29 is 4.74 Å². The van der Waals surface area contributed by atoms with Crippen molar-refractivity contribution in [2.24, 2.45) is 10.9 Å². The maximum atomic E-state index is 5.25. The van der Waals surface area contributed by atoms with Crippen molar-refractivity contribution >= 4 is 29.9 Å². The molecule has 0 radical (unpaired) electrons. The molecular weight excluding hydrogens is 329 g/mol. The molecule has 4 nitrogen and oxygen atoms in total. The molecule has 0 unspecified atom stereocenters. The Morgan fingerprint density at radius 3 is 2.59 bits per heavy atom. The summed E-state index contributed by atoms with van der Waals surface area (Å²) >= 11 is 0. The minimum Gasteiger partial charge on any atom is -0.380 e. The van der Waals surface area contributed by atoms with Crippen LogP contribution in [0, 0.1) is 5.92 Å². The maximum absolute atomic E-state index is 5.25. The van der Waals surface area contributed by atoms with E-state index in [0.29, 0.717) is 0 Å². The SMILES string of the molecule is CCOCCNC(=NC)NCCCC1CC1.I. The minimum atomic E-state index is 0. The summed E-state index contributed by atoms with van der Waals surface area (Å²) in [6, 6.07) is 0. The van der Waals surface area contributed by atoms with Crippen molar-refractivity contribution in [1.29, 1.82) is 0 Å². The standard InChI is InChI=1S/C12H25N3O.HI/c1-3-16-10-9-15-12(13-2)14-8-4-5-11-6-7-11;/h11H,3-10H2,1-2H3,(H2,13,14,15);1H. The van der Waals surface area contributed by atoms with Gasteiger partial charge in [-0.3, -0.25) is 4.99 Å². The molecule has 0 saturated heterocycles. The lowest BCUT2D eigenvalue weighted by molar-refractivity contribution is 0.152. The first-order valence-electron chi connectivity index (χ1n) is 6.39. The molecule has 0 atom stereocenters. The Labute approximate surface area is 122 Å². The van der Waals surface area contributed by atoms with E-state index >= 15 is 0 Å². The second-order valence-electron chi connectivity index (χ2n) is 4.21. The van der Waals surface area contributed by atoms with Crippen LogP contribution in [-0.2, 0) is 4.74 Å². The number of rotatable bonds is 8. The Bertz CT molecular complexity index is 208. The molecule has 5 heteroatoms. The number of nitrogens with one attached hydrogen (secondary N) is 2. The third-order valence-corrected chi connectivity index (χ3v) is 2.75. The van der Waals surface area contributed by atoms with E-state index in [4.69, 9.17) is 4.74 Å². The molecule has 1 saturated carbocycles. The highest BCUT2D eigenvalue weighted by Crippen LogP contribution is 2.33. The molecule has 0 bridgehead atoms. The van der Waals surface area contributed by atoms with Crippen LogP contribution in [0.2, 0.25) is 0 Å². The molecule has 1 aliphatic rings. The zero-order chi connectivity index (χ0) is 11.6. The van der Waals surface area contributed by atoms with Crippen LogP contribution in [0.5, 0.6) is 0 Å². The highest BCUT2D eigenvalue weighted by Gasteiger charge is 2.19. The van der Waals surface area contributed by atoms with Crippen molar-refractivity contribution in [2.45, 2.75) is 32.6 Å². The molecule has 102 valence electrons. The highest BCUT2D eigenvalue weighted by atomic mass is 127. The molecule has 0 spiro atoms. The lowest BCUT2D eigenvalue weighted by Gasteiger charge is -2.11. The van der Waals surface area contributed by atoms with Crippen LogP contribution in [0.1, 0.15) is 32.6 Å². The van der Waals surface area contributed by atoms with Gasteiger partial charge in [0.2, 0.25) is 0 Å². The molecule has 0 aliphatic heterocycles.